The summed E-state index contributed by atoms with van der Waals surface area (Å²) < 4.78 is 4.70. The number of hydrogen-bond acceptors (Lipinski definition) is 2. The molecule has 0 saturated carbocycles. The van der Waals surface area contributed by atoms with Gasteiger partial charge in [-0.25, -0.2) is 0 Å². The SMILES string of the molecule is N#CC1=CCCC(c2cc(C#N)cc(C3=CCC(n4c5ccccc5c5ccccc54)C=C3)c2)=C1n1c2ccccc2c2ccccc21. The van der Waals surface area contributed by atoms with E-state index in [0.717, 1.165) is 69.0 Å². The highest BCUT2D eigenvalue weighted by atomic mass is 15.0. The van der Waals surface area contributed by atoms with Crippen LogP contribution in [0.4, 0.5) is 0 Å². The summed E-state index contributed by atoms with van der Waals surface area (Å²) in [5, 5.41) is 25.5. The lowest BCUT2D eigenvalue weighted by Crippen LogP contribution is -2.08. The van der Waals surface area contributed by atoms with Gasteiger partial charge >= 0.3 is 0 Å². The van der Waals surface area contributed by atoms with Crippen LogP contribution in [0.15, 0.2) is 145 Å². The average molecular weight is 615 g/mol. The van der Waals surface area contributed by atoms with Crippen LogP contribution in [-0.2, 0) is 0 Å². The number of allylic oxidation sites excluding steroid dienone is 8. The van der Waals surface area contributed by atoms with Crippen LogP contribution in [0.2, 0.25) is 0 Å². The predicted molar refractivity (Wildman–Crippen MR) is 197 cm³/mol. The van der Waals surface area contributed by atoms with E-state index in [1.165, 1.54) is 21.8 Å². The van der Waals surface area contributed by atoms with Crippen LogP contribution < -0.4 is 0 Å². The summed E-state index contributed by atoms with van der Waals surface area (Å²) in [6.45, 7) is 0. The van der Waals surface area contributed by atoms with Crippen molar-refractivity contribution in [1.82, 2.24) is 9.13 Å². The number of nitrogens with zero attached hydrogens (tertiary/aromatic N) is 4. The number of aromatic nitrogens is 2. The maximum atomic E-state index is 10.4. The molecule has 5 aromatic carbocycles. The summed E-state index contributed by atoms with van der Waals surface area (Å²) >= 11 is 0. The molecular formula is C44H30N4. The first-order valence-electron chi connectivity index (χ1n) is 16.5. The molecule has 226 valence electrons. The molecule has 2 aliphatic rings. The Kier molecular flexibility index (Phi) is 6.49. The van der Waals surface area contributed by atoms with Gasteiger partial charge in [0.05, 0.1) is 40.0 Å². The van der Waals surface area contributed by atoms with Gasteiger partial charge in [0, 0.05) is 32.6 Å². The molecule has 0 fully saturated rings. The number of para-hydroxylation sites is 4. The number of rotatable bonds is 4. The zero-order valence-corrected chi connectivity index (χ0v) is 26.3. The van der Waals surface area contributed by atoms with E-state index in [9.17, 15) is 10.5 Å². The Labute approximate surface area is 278 Å². The Morgan fingerprint density at radius 1 is 0.604 bits per heavy atom. The molecule has 7 aromatic rings. The average Bonchev–Trinajstić information content (AvgIpc) is 3.67. The Morgan fingerprint density at radius 3 is 1.73 bits per heavy atom. The summed E-state index contributed by atoms with van der Waals surface area (Å²) in [5.74, 6) is 0. The van der Waals surface area contributed by atoms with E-state index in [2.05, 4.69) is 149 Å². The van der Waals surface area contributed by atoms with E-state index in [4.69, 9.17) is 0 Å². The van der Waals surface area contributed by atoms with Gasteiger partial charge in [-0.15, -0.1) is 0 Å². The monoisotopic (exact) mass is 614 g/mol. The summed E-state index contributed by atoms with van der Waals surface area (Å²) in [5.41, 5.74) is 11.0. The lowest BCUT2D eigenvalue weighted by Gasteiger charge is -2.23. The maximum Gasteiger partial charge on any atom is 0.101 e. The second-order valence-electron chi connectivity index (χ2n) is 12.6. The third-order valence-electron chi connectivity index (χ3n) is 9.98. The largest absolute Gasteiger partial charge is 0.333 e. The van der Waals surface area contributed by atoms with Crippen LogP contribution in [-0.4, -0.2) is 9.13 Å². The van der Waals surface area contributed by atoms with E-state index in [1.807, 2.05) is 12.1 Å². The van der Waals surface area contributed by atoms with Gasteiger partial charge in [0.15, 0.2) is 0 Å². The molecule has 2 heterocycles. The fourth-order valence-electron chi connectivity index (χ4n) is 7.89. The van der Waals surface area contributed by atoms with E-state index in [1.54, 1.807) is 0 Å². The third-order valence-corrected chi connectivity index (χ3v) is 9.98. The molecule has 1 atom stereocenters. The number of nitriles is 2. The zero-order chi connectivity index (χ0) is 32.2. The standard InChI is InChI=1S/C44H30N4/c45-27-29-24-32(30-20-22-34(23-21-30)47-40-16-5-1-11-36(40)37-12-2-6-17-41(37)47)26-33(25-29)35-15-9-10-31(28-46)44(35)48-42-18-7-3-13-38(42)39-14-4-8-19-43(39)48/h1-8,10-14,16-22,24-26,34H,9,15,23H2. The number of hydrogen-bond donors (Lipinski definition) is 0. The smallest absolute Gasteiger partial charge is 0.101 e. The first-order valence-corrected chi connectivity index (χ1v) is 16.5. The van der Waals surface area contributed by atoms with Gasteiger partial charge in [-0.05, 0) is 84.0 Å². The molecule has 0 radical (unpaired) electrons. The van der Waals surface area contributed by atoms with E-state index in [-0.39, 0.29) is 6.04 Å². The Balaban J connectivity index is 1.17. The van der Waals surface area contributed by atoms with Crippen LogP contribution in [0.5, 0.6) is 0 Å². The van der Waals surface area contributed by atoms with Gasteiger partial charge in [-0.2, -0.15) is 10.5 Å². The van der Waals surface area contributed by atoms with E-state index in [0.29, 0.717) is 11.1 Å². The molecule has 4 heteroatoms. The van der Waals surface area contributed by atoms with Crippen molar-refractivity contribution in [2.45, 2.75) is 25.3 Å². The van der Waals surface area contributed by atoms with Gasteiger partial charge < -0.3 is 9.13 Å². The molecule has 0 saturated heterocycles. The Bertz CT molecular complexity index is 2570. The molecule has 48 heavy (non-hydrogen) atoms. The topological polar surface area (TPSA) is 57.4 Å². The first kappa shape index (κ1) is 27.9. The van der Waals surface area contributed by atoms with Crippen LogP contribution >= 0.6 is 0 Å². The molecular weight excluding hydrogens is 585 g/mol. The third kappa shape index (κ3) is 4.28. The molecule has 4 nitrogen and oxygen atoms in total. The summed E-state index contributed by atoms with van der Waals surface area (Å²) in [6, 6.07) is 45.4. The molecule has 0 N–H and O–H groups in total. The molecule has 9 rings (SSSR count). The molecule has 0 spiro atoms. The maximum absolute atomic E-state index is 10.4. The number of benzene rings is 5. The van der Waals surface area contributed by atoms with E-state index < -0.39 is 0 Å². The first-order chi connectivity index (χ1) is 23.7. The number of fused-ring (bicyclic) bond motifs is 6. The molecule has 2 aliphatic carbocycles. The normalized spacial score (nSPS) is 16.3. The molecule has 1 unspecified atom stereocenters. The van der Waals surface area contributed by atoms with Crippen LogP contribution in [0.3, 0.4) is 0 Å². The van der Waals surface area contributed by atoms with Crippen molar-refractivity contribution in [3.63, 3.8) is 0 Å². The Morgan fingerprint density at radius 2 is 1.17 bits per heavy atom. The molecule has 0 amide bonds. The van der Waals surface area contributed by atoms with E-state index >= 15 is 0 Å². The van der Waals surface area contributed by atoms with Crippen LogP contribution in [0.1, 0.15) is 42.0 Å². The highest BCUT2D eigenvalue weighted by Gasteiger charge is 2.24. The van der Waals surface area contributed by atoms with Crippen molar-refractivity contribution in [2.75, 3.05) is 0 Å². The minimum atomic E-state index is 0.184. The predicted octanol–water partition coefficient (Wildman–Crippen LogP) is 11.0. The van der Waals surface area contributed by atoms with Crippen molar-refractivity contribution in [3.05, 3.63) is 162 Å². The summed E-state index contributed by atoms with van der Waals surface area (Å²) in [4.78, 5) is 0. The van der Waals surface area contributed by atoms with Gasteiger partial charge in [-0.3, -0.25) is 0 Å². The van der Waals surface area contributed by atoms with Gasteiger partial charge in [0.1, 0.15) is 6.07 Å². The van der Waals surface area contributed by atoms with Crippen molar-refractivity contribution in [2.24, 2.45) is 0 Å². The van der Waals surface area contributed by atoms with Gasteiger partial charge in [0.2, 0.25) is 0 Å². The van der Waals surface area contributed by atoms with Gasteiger partial charge in [0.25, 0.3) is 0 Å². The highest BCUT2D eigenvalue weighted by Crippen LogP contribution is 2.42. The molecule has 0 aliphatic heterocycles. The summed E-state index contributed by atoms with van der Waals surface area (Å²) in [6.07, 6.45) is 11.3. The molecule has 0 bridgehead atoms. The Hall–Kier alpha value is -6.36. The lowest BCUT2D eigenvalue weighted by molar-refractivity contribution is 0.649. The lowest BCUT2D eigenvalue weighted by atomic mass is 9.87. The molecule has 2 aromatic heterocycles. The highest BCUT2D eigenvalue weighted by molar-refractivity contribution is 6.13. The van der Waals surface area contributed by atoms with Crippen LogP contribution in [0, 0.1) is 22.7 Å². The van der Waals surface area contributed by atoms with Crippen molar-refractivity contribution in [3.8, 4) is 12.1 Å². The van der Waals surface area contributed by atoms with Crippen LogP contribution in [0.25, 0.3) is 60.5 Å². The minimum absolute atomic E-state index is 0.184. The van der Waals surface area contributed by atoms with Gasteiger partial charge in [-0.1, -0.05) is 97.1 Å². The zero-order valence-electron chi connectivity index (χ0n) is 26.3. The second-order valence-corrected chi connectivity index (χ2v) is 12.6. The quantitative estimate of drug-likeness (QED) is 0.198. The van der Waals surface area contributed by atoms with Crippen molar-refractivity contribution >= 4 is 60.5 Å². The van der Waals surface area contributed by atoms with Crippen molar-refractivity contribution < 1.29 is 0 Å². The second kappa shape index (κ2) is 11.2. The fourth-order valence-corrected chi connectivity index (χ4v) is 7.89. The fraction of sp³-hybridized carbons (Fsp3) is 0.0909. The van der Waals surface area contributed by atoms with Crippen molar-refractivity contribution in [1.29, 1.82) is 10.5 Å². The summed E-state index contributed by atoms with van der Waals surface area (Å²) in [7, 11) is 0. The minimum Gasteiger partial charge on any atom is -0.333 e.